The van der Waals surface area contributed by atoms with Crippen LogP contribution in [0.25, 0.3) is 0 Å². The van der Waals surface area contributed by atoms with E-state index in [0.29, 0.717) is 26.1 Å². The Morgan fingerprint density at radius 2 is 2.05 bits per heavy atom. The summed E-state index contributed by atoms with van der Waals surface area (Å²) in [5.74, 6) is -1.26. The van der Waals surface area contributed by atoms with E-state index >= 15 is 0 Å². The minimum Gasteiger partial charge on any atom is -0.481 e. The number of carboxylic acid groups (broad SMARTS) is 1. The lowest BCUT2D eigenvalue weighted by Gasteiger charge is -2.33. The zero-order valence-corrected chi connectivity index (χ0v) is 13.5. The number of carbonyl (C=O) groups is 2. The summed E-state index contributed by atoms with van der Waals surface area (Å²) in [5, 5.41) is 9.08. The van der Waals surface area contributed by atoms with Crippen molar-refractivity contribution in [1.29, 1.82) is 0 Å². The van der Waals surface area contributed by atoms with Crippen molar-refractivity contribution in [2.24, 2.45) is 5.92 Å². The number of hydrogen-bond acceptors (Lipinski definition) is 2. The van der Waals surface area contributed by atoms with Crippen LogP contribution in [0.3, 0.4) is 0 Å². The van der Waals surface area contributed by atoms with Gasteiger partial charge in [0.2, 0.25) is 0 Å². The van der Waals surface area contributed by atoms with Gasteiger partial charge < -0.3 is 14.9 Å². The number of carboxylic acids is 1. The smallest absolute Gasteiger partial charge is 0.320 e. The third-order valence-electron chi connectivity index (χ3n) is 3.70. The molecule has 1 aliphatic heterocycles. The molecule has 1 heterocycles. The fourth-order valence-corrected chi connectivity index (χ4v) is 2.79. The standard InChI is InChI=1S/C15H19BrN2O3/c1-17(9-11-4-6-13(16)7-5-11)15(21)18-8-2-3-12(10-18)14(19)20/h4-7,12H,2-3,8-10H2,1H3,(H,19,20)/t12-/m0/s1. The van der Waals surface area contributed by atoms with Gasteiger partial charge in [-0.1, -0.05) is 28.1 Å². The molecule has 1 N–H and O–H groups in total. The van der Waals surface area contributed by atoms with Crippen LogP contribution in [0.15, 0.2) is 28.7 Å². The lowest BCUT2D eigenvalue weighted by molar-refractivity contribution is -0.143. The Morgan fingerprint density at radius 3 is 2.67 bits per heavy atom. The van der Waals surface area contributed by atoms with Crippen molar-refractivity contribution in [3.8, 4) is 0 Å². The van der Waals surface area contributed by atoms with E-state index in [1.807, 2.05) is 24.3 Å². The molecule has 114 valence electrons. The number of likely N-dealkylation sites (tertiary alicyclic amines) is 1. The number of hydrogen-bond donors (Lipinski definition) is 1. The topological polar surface area (TPSA) is 60.9 Å². The molecule has 0 unspecified atom stereocenters. The first-order valence-corrected chi connectivity index (χ1v) is 7.74. The molecule has 0 aliphatic carbocycles. The molecule has 2 rings (SSSR count). The predicted molar refractivity (Wildman–Crippen MR) is 82.9 cm³/mol. The summed E-state index contributed by atoms with van der Waals surface area (Å²) in [6, 6.07) is 7.70. The molecule has 0 saturated carbocycles. The second-order valence-electron chi connectivity index (χ2n) is 5.39. The molecule has 1 fully saturated rings. The summed E-state index contributed by atoms with van der Waals surface area (Å²) in [6.45, 7) is 1.45. The van der Waals surface area contributed by atoms with Crippen molar-refractivity contribution in [3.05, 3.63) is 34.3 Å². The van der Waals surface area contributed by atoms with Crippen LogP contribution in [0, 0.1) is 5.92 Å². The van der Waals surface area contributed by atoms with Crippen molar-refractivity contribution < 1.29 is 14.7 Å². The number of amides is 2. The van der Waals surface area contributed by atoms with Crippen LogP contribution in [0.5, 0.6) is 0 Å². The van der Waals surface area contributed by atoms with Crippen LogP contribution in [0.2, 0.25) is 0 Å². The van der Waals surface area contributed by atoms with Gasteiger partial charge in [0.1, 0.15) is 0 Å². The van der Waals surface area contributed by atoms with Gasteiger partial charge in [-0.05, 0) is 30.5 Å². The van der Waals surface area contributed by atoms with E-state index in [0.717, 1.165) is 16.5 Å². The third kappa shape index (κ3) is 4.20. The molecule has 1 aromatic rings. The maximum atomic E-state index is 12.4. The second-order valence-corrected chi connectivity index (χ2v) is 6.30. The molecule has 2 amide bonds. The summed E-state index contributed by atoms with van der Waals surface area (Å²) >= 11 is 3.38. The van der Waals surface area contributed by atoms with E-state index < -0.39 is 11.9 Å². The fraction of sp³-hybridized carbons (Fsp3) is 0.467. The van der Waals surface area contributed by atoms with Gasteiger partial charge >= 0.3 is 12.0 Å². The van der Waals surface area contributed by atoms with Crippen LogP contribution < -0.4 is 0 Å². The van der Waals surface area contributed by atoms with E-state index in [4.69, 9.17) is 5.11 Å². The van der Waals surface area contributed by atoms with Crippen molar-refractivity contribution in [2.75, 3.05) is 20.1 Å². The van der Waals surface area contributed by atoms with Crippen LogP contribution in [0.4, 0.5) is 4.79 Å². The lowest BCUT2D eigenvalue weighted by Crippen LogP contribution is -2.47. The van der Waals surface area contributed by atoms with Crippen molar-refractivity contribution in [2.45, 2.75) is 19.4 Å². The van der Waals surface area contributed by atoms with Gasteiger partial charge in [0.05, 0.1) is 5.92 Å². The monoisotopic (exact) mass is 354 g/mol. The Morgan fingerprint density at radius 1 is 1.38 bits per heavy atom. The zero-order valence-electron chi connectivity index (χ0n) is 12.0. The first kappa shape index (κ1) is 15.8. The summed E-state index contributed by atoms with van der Waals surface area (Å²) in [5.41, 5.74) is 1.04. The molecule has 5 nitrogen and oxygen atoms in total. The van der Waals surface area contributed by atoms with E-state index in [1.54, 1.807) is 16.8 Å². The van der Waals surface area contributed by atoms with E-state index in [9.17, 15) is 9.59 Å². The number of carbonyl (C=O) groups excluding carboxylic acids is 1. The van der Waals surface area contributed by atoms with Crippen molar-refractivity contribution in [3.63, 3.8) is 0 Å². The highest BCUT2D eigenvalue weighted by molar-refractivity contribution is 9.10. The van der Waals surface area contributed by atoms with Gasteiger partial charge in [0.25, 0.3) is 0 Å². The predicted octanol–water partition coefficient (Wildman–Crippen LogP) is 2.80. The third-order valence-corrected chi connectivity index (χ3v) is 4.23. The molecule has 21 heavy (non-hydrogen) atoms. The lowest BCUT2D eigenvalue weighted by atomic mass is 9.99. The largest absolute Gasteiger partial charge is 0.481 e. The molecule has 1 aliphatic rings. The Kier molecular flexibility index (Phi) is 5.22. The summed E-state index contributed by atoms with van der Waals surface area (Å²) in [7, 11) is 1.74. The second kappa shape index (κ2) is 6.93. The molecule has 0 spiro atoms. The van der Waals surface area contributed by atoms with Crippen LogP contribution >= 0.6 is 15.9 Å². The fourth-order valence-electron chi connectivity index (χ4n) is 2.53. The van der Waals surface area contributed by atoms with Gasteiger partial charge in [-0.15, -0.1) is 0 Å². The summed E-state index contributed by atoms with van der Waals surface area (Å²) in [6.07, 6.45) is 1.39. The quantitative estimate of drug-likeness (QED) is 0.907. The molecular weight excluding hydrogens is 336 g/mol. The SMILES string of the molecule is CN(Cc1ccc(Br)cc1)C(=O)N1CCC[C@H](C(=O)O)C1. The molecule has 0 radical (unpaired) electrons. The molecular formula is C15H19BrN2O3. The van der Waals surface area contributed by atoms with E-state index in [2.05, 4.69) is 15.9 Å². The van der Waals surface area contributed by atoms with Gasteiger partial charge in [0, 0.05) is 31.2 Å². The molecule has 1 aromatic carbocycles. The molecule has 1 atom stereocenters. The Balaban J connectivity index is 1.95. The maximum absolute atomic E-state index is 12.4. The summed E-state index contributed by atoms with van der Waals surface area (Å²) in [4.78, 5) is 26.7. The first-order chi connectivity index (χ1) is 9.97. The Labute approximate surface area is 132 Å². The number of piperidine rings is 1. The number of urea groups is 1. The number of nitrogens with zero attached hydrogens (tertiary/aromatic N) is 2. The van der Waals surface area contributed by atoms with Gasteiger partial charge in [-0.25, -0.2) is 4.79 Å². The highest BCUT2D eigenvalue weighted by atomic mass is 79.9. The summed E-state index contributed by atoms with van der Waals surface area (Å²) < 4.78 is 1.00. The number of rotatable bonds is 3. The average Bonchev–Trinajstić information content (AvgIpc) is 2.49. The molecule has 0 aromatic heterocycles. The van der Waals surface area contributed by atoms with Crippen molar-refractivity contribution in [1.82, 2.24) is 9.80 Å². The Bertz CT molecular complexity index is 518. The van der Waals surface area contributed by atoms with Gasteiger partial charge in [-0.2, -0.15) is 0 Å². The van der Waals surface area contributed by atoms with Crippen LogP contribution in [0.1, 0.15) is 18.4 Å². The van der Waals surface area contributed by atoms with Gasteiger partial charge in [-0.3, -0.25) is 4.79 Å². The normalized spacial score (nSPS) is 18.4. The molecule has 0 bridgehead atoms. The Hall–Kier alpha value is -1.56. The molecule has 6 heteroatoms. The highest BCUT2D eigenvalue weighted by Gasteiger charge is 2.29. The zero-order chi connectivity index (χ0) is 15.4. The van der Waals surface area contributed by atoms with Gasteiger partial charge in [0.15, 0.2) is 0 Å². The minimum absolute atomic E-state index is 0.108. The number of benzene rings is 1. The number of halogens is 1. The van der Waals surface area contributed by atoms with Crippen LogP contribution in [-0.2, 0) is 11.3 Å². The first-order valence-electron chi connectivity index (χ1n) is 6.94. The van der Waals surface area contributed by atoms with Crippen LogP contribution in [-0.4, -0.2) is 47.0 Å². The molecule has 1 saturated heterocycles. The van der Waals surface area contributed by atoms with E-state index in [1.165, 1.54) is 0 Å². The van der Waals surface area contributed by atoms with Crippen molar-refractivity contribution >= 4 is 27.9 Å². The maximum Gasteiger partial charge on any atom is 0.320 e. The highest BCUT2D eigenvalue weighted by Crippen LogP contribution is 2.18. The number of aliphatic carboxylic acids is 1. The average molecular weight is 355 g/mol. The minimum atomic E-state index is -0.817. The van der Waals surface area contributed by atoms with E-state index in [-0.39, 0.29) is 6.03 Å².